The van der Waals surface area contributed by atoms with Crippen molar-refractivity contribution in [2.24, 2.45) is 0 Å². The molecular formula is C13H19F2NO. The van der Waals surface area contributed by atoms with Gasteiger partial charge in [0.05, 0.1) is 12.6 Å². The maximum Gasteiger partial charge on any atom is 0.163 e. The molecule has 1 N–H and O–H groups in total. The normalized spacial score (nSPS) is 12.7. The van der Waals surface area contributed by atoms with Crippen LogP contribution in [0, 0.1) is 11.6 Å². The molecule has 0 aromatic heterocycles. The number of benzene rings is 1. The first kappa shape index (κ1) is 14.1. The predicted molar refractivity (Wildman–Crippen MR) is 63.9 cm³/mol. The molecule has 0 saturated carbocycles. The van der Waals surface area contributed by atoms with Crippen LogP contribution in [0.4, 0.5) is 8.78 Å². The molecule has 1 rings (SSSR count). The summed E-state index contributed by atoms with van der Waals surface area (Å²) in [6, 6.07) is 3.92. The summed E-state index contributed by atoms with van der Waals surface area (Å²) in [4.78, 5) is 0. The Hall–Kier alpha value is -1.00. The molecule has 0 aliphatic heterocycles. The third-order valence-corrected chi connectivity index (χ3v) is 2.49. The summed E-state index contributed by atoms with van der Waals surface area (Å²) in [6.07, 6.45) is 0.930. The molecular weight excluding hydrogens is 224 g/mol. The lowest BCUT2D eigenvalue weighted by Gasteiger charge is -2.19. The van der Waals surface area contributed by atoms with Crippen molar-refractivity contribution < 1.29 is 13.5 Å². The second-order valence-corrected chi connectivity index (χ2v) is 3.81. The Balaban J connectivity index is 2.83. The van der Waals surface area contributed by atoms with E-state index in [4.69, 9.17) is 4.74 Å². The molecule has 1 aromatic carbocycles. The van der Waals surface area contributed by atoms with Crippen LogP contribution >= 0.6 is 0 Å². The summed E-state index contributed by atoms with van der Waals surface area (Å²) in [5.74, 6) is -1.61. The molecule has 0 amide bonds. The minimum atomic E-state index is -0.817. The summed E-state index contributed by atoms with van der Waals surface area (Å²) in [6.45, 7) is 5.54. The van der Waals surface area contributed by atoms with Crippen molar-refractivity contribution in [1.29, 1.82) is 0 Å². The van der Waals surface area contributed by atoms with Crippen molar-refractivity contribution in [3.8, 4) is 0 Å². The molecule has 1 unspecified atom stereocenters. The van der Waals surface area contributed by atoms with Gasteiger partial charge in [-0.2, -0.15) is 0 Å². The molecule has 0 bridgehead atoms. The second kappa shape index (κ2) is 7.35. The number of halogens is 2. The zero-order valence-corrected chi connectivity index (χ0v) is 10.3. The van der Waals surface area contributed by atoms with Gasteiger partial charge in [0.1, 0.15) is 0 Å². The first-order chi connectivity index (χ1) is 8.20. The van der Waals surface area contributed by atoms with E-state index in [-0.39, 0.29) is 6.04 Å². The van der Waals surface area contributed by atoms with Crippen LogP contribution in [-0.4, -0.2) is 19.8 Å². The highest BCUT2D eigenvalue weighted by molar-refractivity contribution is 5.22. The number of hydrogen-bond acceptors (Lipinski definition) is 2. The van der Waals surface area contributed by atoms with E-state index >= 15 is 0 Å². The van der Waals surface area contributed by atoms with Crippen molar-refractivity contribution in [2.45, 2.75) is 26.3 Å². The van der Waals surface area contributed by atoms with Gasteiger partial charge >= 0.3 is 0 Å². The molecule has 1 aromatic rings. The summed E-state index contributed by atoms with van der Waals surface area (Å²) in [5.41, 5.74) is 0.326. The number of rotatable bonds is 7. The monoisotopic (exact) mass is 243 g/mol. The fraction of sp³-hybridized carbons (Fsp3) is 0.538. The third kappa shape index (κ3) is 4.06. The van der Waals surface area contributed by atoms with E-state index in [1.165, 1.54) is 6.07 Å². The SMILES string of the molecule is CCCNC(COCC)c1cccc(F)c1F. The van der Waals surface area contributed by atoms with Gasteiger partial charge in [0.25, 0.3) is 0 Å². The van der Waals surface area contributed by atoms with Gasteiger partial charge in [0.15, 0.2) is 11.6 Å². The summed E-state index contributed by atoms with van der Waals surface area (Å²) in [5, 5.41) is 3.16. The predicted octanol–water partition coefficient (Wildman–Crippen LogP) is 3.04. The lowest BCUT2D eigenvalue weighted by Crippen LogP contribution is -2.27. The van der Waals surface area contributed by atoms with Gasteiger partial charge in [-0.3, -0.25) is 0 Å². The van der Waals surface area contributed by atoms with Crippen LogP contribution in [0.1, 0.15) is 31.9 Å². The van der Waals surface area contributed by atoms with Gasteiger partial charge in [-0.25, -0.2) is 8.78 Å². The summed E-state index contributed by atoms with van der Waals surface area (Å²) >= 11 is 0. The Labute approximate surface area is 101 Å². The minimum absolute atomic E-state index is 0.300. The van der Waals surface area contributed by atoms with Gasteiger partial charge in [-0.15, -0.1) is 0 Å². The smallest absolute Gasteiger partial charge is 0.163 e. The summed E-state index contributed by atoms with van der Waals surface area (Å²) in [7, 11) is 0. The molecule has 0 heterocycles. The Morgan fingerprint density at radius 3 is 2.71 bits per heavy atom. The van der Waals surface area contributed by atoms with Crippen LogP contribution in [0.3, 0.4) is 0 Å². The number of nitrogens with one attached hydrogen (secondary N) is 1. The molecule has 17 heavy (non-hydrogen) atoms. The molecule has 0 radical (unpaired) electrons. The molecule has 0 spiro atoms. The van der Waals surface area contributed by atoms with Crippen LogP contribution in [-0.2, 0) is 4.74 Å². The topological polar surface area (TPSA) is 21.3 Å². The van der Waals surface area contributed by atoms with E-state index < -0.39 is 11.6 Å². The molecule has 96 valence electrons. The quantitative estimate of drug-likeness (QED) is 0.794. The van der Waals surface area contributed by atoms with Crippen molar-refractivity contribution >= 4 is 0 Å². The van der Waals surface area contributed by atoms with Gasteiger partial charge in [0, 0.05) is 12.2 Å². The Bertz CT molecular complexity index is 336. The van der Waals surface area contributed by atoms with E-state index in [2.05, 4.69) is 5.32 Å². The molecule has 1 atom stereocenters. The van der Waals surface area contributed by atoms with Crippen LogP contribution in [0.25, 0.3) is 0 Å². The van der Waals surface area contributed by atoms with Gasteiger partial charge in [-0.05, 0) is 26.0 Å². The van der Waals surface area contributed by atoms with E-state index in [9.17, 15) is 8.78 Å². The molecule has 0 aliphatic rings. The Kier molecular flexibility index (Phi) is 6.08. The van der Waals surface area contributed by atoms with Crippen LogP contribution in [0.15, 0.2) is 18.2 Å². The highest BCUT2D eigenvalue weighted by Crippen LogP contribution is 2.19. The number of hydrogen-bond donors (Lipinski definition) is 1. The standard InChI is InChI=1S/C13H19F2NO/c1-3-8-16-12(9-17-4-2)10-6-5-7-11(14)13(10)15/h5-7,12,16H,3-4,8-9H2,1-2H3. The molecule has 0 saturated heterocycles. The average Bonchev–Trinajstić information content (AvgIpc) is 2.34. The van der Waals surface area contributed by atoms with E-state index in [1.54, 1.807) is 6.07 Å². The largest absolute Gasteiger partial charge is 0.380 e. The first-order valence-corrected chi connectivity index (χ1v) is 5.95. The third-order valence-electron chi connectivity index (χ3n) is 2.49. The average molecular weight is 243 g/mol. The molecule has 0 aliphatic carbocycles. The fourth-order valence-corrected chi connectivity index (χ4v) is 1.60. The first-order valence-electron chi connectivity index (χ1n) is 5.95. The maximum atomic E-state index is 13.6. The van der Waals surface area contributed by atoms with E-state index in [0.29, 0.717) is 18.8 Å². The lowest BCUT2D eigenvalue weighted by molar-refractivity contribution is 0.121. The van der Waals surface area contributed by atoms with Crippen molar-refractivity contribution in [3.63, 3.8) is 0 Å². The van der Waals surface area contributed by atoms with Crippen LogP contribution < -0.4 is 5.32 Å². The second-order valence-electron chi connectivity index (χ2n) is 3.81. The van der Waals surface area contributed by atoms with Crippen LogP contribution in [0.5, 0.6) is 0 Å². The van der Waals surface area contributed by atoms with Gasteiger partial charge in [0.2, 0.25) is 0 Å². The maximum absolute atomic E-state index is 13.6. The zero-order chi connectivity index (χ0) is 12.7. The van der Waals surface area contributed by atoms with E-state index in [0.717, 1.165) is 19.0 Å². The molecule has 0 fully saturated rings. The fourth-order valence-electron chi connectivity index (χ4n) is 1.60. The zero-order valence-electron chi connectivity index (χ0n) is 10.3. The highest BCUT2D eigenvalue weighted by atomic mass is 19.2. The van der Waals surface area contributed by atoms with Gasteiger partial charge in [-0.1, -0.05) is 19.1 Å². The van der Waals surface area contributed by atoms with Gasteiger partial charge < -0.3 is 10.1 Å². The molecule has 4 heteroatoms. The highest BCUT2D eigenvalue weighted by Gasteiger charge is 2.17. The van der Waals surface area contributed by atoms with Crippen molar-refractivity contribution in [3.05, 3.63) is 35.4 Å². The number of ether oxygens (including phenoxy) is 1. The van der Waals surface area contributed by atoms with Crippen molar-refractivity contribution in [1.82, 2.24) is 5.32 Å². The minimum Gasteiger partial charge on any atom is -0.380 e. The lowest BCUT2D eigenvalue weighted by atomic mass is 10.1. The Morgan fingerprint density at radius 2 is 2.06 bits per heavy atom. The van der Waals surface area contributed by atoms with Crippen LogP contribution in [0.2, 0.25) is 0 Å². The van der Waals surface area contributed by atoms with Crippen molar-refractivity contribution in [2.75, 3.05) is 19.8 Å². The van der Waals surface area contributed by atoms with E-state index in [1.807, 2.05) is 13.8 Å². The molecule has 2 nitrogen and oxygen atoms in total. The summed E-state index contributed by atoms with van der Waals surface area (Å²) < 4.78 is 32.1. The Morgan fingerprint density at radius 1 is 1.29 bits per heavy atom.